The van der Waals surface area contributed by atoms with E-state index in [1.54, 1.807) is 23.9 Å². The minimum absolute atomic E-state index is 0.264. The number of nitrogens with zero attached hydrogens (tertiary/aromatic N) is 3. The molecule has 0 aliphatic carbocycles. The first-order valence-electron chi connectivity index (χ1n) is 4.67. The Labute approximate surface area is 107 Å². The van der Waals surface area contributed by atoms with Crippen LogP contribution in [0, 0.1) is 0 Å². The summed E-state index contributed by atoms with van der Waals surface area (Å²) in [6, 6.07) is 3.03. The summed E-state index contributed by atoms with van der Waals surface area (Å²) in [5.74, 6) is 0.0292. The molecule has 0 aromatic carbocycles. The molecule has 0 atom stereocenters. The van der Waals surface area contributed by atoms with Gasteiger partial charge in [-0.05, 0) is 6.07 Å². The Bertz CT molecular complexity index is 567. The molecule has 2 aromatic rings. The average molecular weight is 271 g/mol. The van der Waals surface area contributed by atoms with E-state index < -0.39 is 0 Å². The van der Waals surface area contributed by atoms with Gasteiger partial charge in [0.25, 0.3) is 5.91 Å². The molecule has 0 saturated carbocycles. The SMILES string of the molecule is Cn1cc(Cl)cc1C(=O)Nc1cc(Cl)ncn1. The van der Waals surface area contributed by atoms with Gasteiger partial charge in [0, 0.05) is 19.3 Å². The molecule has 5 nitrogen and oxygen atoms in total. The lowest BCUT2D eigenvalue weighted by Crippen LogP contribution is -2.16. The van der Waals surface area contributed by atoms with Crippen LogP contribution in [0.2, 0.25) is 10.2 Å². The normalized spacial score (nSPS) is 10.3. The van der Waals surface area contributed by atoms with Gasteiger partial charge in [0.05, 0.1) is 5.02 Å². The van der Waals surface area contributed by atoms with Gasteiger partial charge in [-0.3, -0.25) is 4.79 Å². The Morgan fingerprint density at radius 2 is 2.12 bits per heavy atom. The van der Waals surface area contributed by atoms with E-state index in [0.717, 1.165) is 0 Å². The third-order valence-corrected chi connectivity index (χ3v) is 2.49. The highest BCUT2D eigenvalue weighted by atomic mass is 35.5. The minimum atomic E-state index is -0.311. The minimum Gasteiger partial charge on any atom is -0.345 e. The molecule has 0 unspecified atom stereocenters. The van der Waals surface area contributed by atoms with E-state index in [0.29, 0.717) is 16.5 Å². The number of carbonyl (C=O) groups excluding carboxylic acids is 1. The molecule has 1 amide bonds. The van der Waals surface area contributed by atoms with Gasteiger partial charge in [-0.2, -0.15) is 0 Å². The maximum atomic E-state index is 11.9. The van der Waals surface area contributed by atoms with Gasteiger partial charge in [0.1, 0.15) is 23.0 Å². The lowest BCUT2D eigenvalue weighted by molar-refractivity contribution is 0.101. The Balaban J connectivity index is 2.20. The molecule has 0 aliphatic heterocycles. The third kappa shape index (κ3) is 2.75. The van der Waals surface area contributed by atoms with Crippen LogP contribution in [0.5, 0.6) is 0 Å². The fourth-order valence-corrected chi connectivity index (χ4v) is 1.73. The molecule has 0 aliphatic rings. The zero-order valence-corrected chi connectivity index (χ0v) is 10.3. The zero-order valence-electron chi connectivity index (χ0n) is 8.82. The summed E-state index contributed by atoms with van der Waals surface area (Å²) in [4.78, 5) is 19.5. The Morgan fingerprint density at radius 3 is 2.71 bits per heavy atom. The highest BCUT2D eigenvalue weighted by Gasteiger charge is 2.12. The number of rotatable bonds is 2. The van der Waals surface area contributed by atoms with E-state index in [4.69, 9.17) is 23.2 Å². The summed E-state index contributed by atoms with van der Waals surface area (Å²) in [5, 5.41) is 3.36. The van der Waals surface area contributed by atoms with Crippen molar-refractivity contribution in [3.8, 4) is 0 Å². The van der Waals surface area contributed by atoms with Crippen molar-refractivity contribution < 1.29 is 4.79 Å². The number of halogens is 2. The van der Waals surface area contributed by atoms with E-state index in [9.17, 15) is 4.79 Å². The van der Waals surface area contributed by atoms with E-state index in [-0.39, 0.29) is 11.1 Å². The number of carbonyl (C=O) groups is 1. The van der Waals surface area contributed by atoms with Gasteiger partial charge in [0.15, 0.2) is 0 Å². The molecule has 0 fully saturated rings. The molecule has 0 spiro atoms. The molecular weight excluding hydrogens is 263 g/mol. The van der Waals surface area contributed by atoms with E-state index >= 15 is 0 Å². The molecule has 0 bridgehead atoms. The number of hydrogen-bond donors (Lipinski definition) is 1. The molecule has 88 valence electrons. The van der Waals surface area contributed by atoms with Crippen molar-refractivity contribution >= 4 is 34.9 Å². The first-order chi connectivity index (χ1) is 8.06. The number of aromatic nitrogens is 3. The third-order valence-electron chi connectivity index (χ3n) is 2.08. The van der Waals surface area contributed by atoms with Crippen LogP contribution in [0.25, 0.3) is 0 Å². The molecule has 2 aromatic heterocycles. The number of hydrogen-bond acceptors (Lipinski definition) is 3. The number of anilines is 1. The molecule has 2 rings (SSSR count). The van der Waals surface area contributed by atoms with Crippen LogP contribution in [0.15, 0.2) is 24.7 Å². The maximum absolute atomic E-state index is 11.9. The Hall–Kier alpha value is -1.59. The van der Waals surface area contributed by atoms with Crippen molar-refractivity contribution in [1.82, 2.24) is 14.5 Å². The fraction of sp³-hybridized carbons (Fsp3) is 0.100. The van der Waals surface area contributed by atoms with Gasteiger partial charge in [-0.15, -0.1) is 0 Å². The van der Waals surface area contributed by atoms with Gasteiger partial charge in [0.2, 0.25) is 0 Å². The first-order valence-corrected chi connectivity index (χ1v) is 5.42. The second-order valence-corrected chi connectivity index (χ2v) is 4.16. The van der Waals surface area contributed by atoms with Crippen molar-refractivity contribution in [1.29, 1.82) is 0 Å². The smallest absolute Gasteiger partial charge is 0.273 e. The molecule has 2 heterocycles. The van der Waals surface area contributed by atoms with Gasteiger partial charge >= 0.3 is 0 Å². The Kier molecular flexibility index (Phi) is 3.31. The van der Waals surface area contributed by atoms with E-state index in [1.165, 1.54) is 12.4 Å². The second-order valence-electron chi connectivity index (χ2n) is 3.33. The van der Waals surface area contributed by atoms with Gasteiger partial charge < -0.3 is 9.88 Å². The van der Waals surface area contributed by atoms with Crippen LogP contribution < -0.4 is 5.32 Å². The van der Waals surface area contributed by atoms with Crippen molar-refractivity contribution in [2.75, 3.05) is 5.32 Å². The Morgan fingerprint density at radius 1 is 1.35 bits per heavy atom. The van der Waals surface area contributed by atoms with Crippen LogP contribution in [0.4, 0.5) is 5.82 Å². The van der Waals surface area contributed by atoms with Gasteiger partial charge in [-0.25, -0.2) is 9.97 Å². The summed E-state index contributed by atoms with van der Waals surface area (Å²) < 4.78 is 1.63. The molecule has 7 heteroatoms. The average Bonchev–Trinajstić information content (AvgIpc) is 2.58. The molecular formula is C10H8Cl2N4O. The van der Waals surface area contributed by atoms with Crippen molar-refractivity contribution in [3.63, 3.8) is 0 Å². The summed E-state index contributed by atoms with van der Waals surface area (Å²) in [6.07, 6.45) is 2.92. The van der Waals surface area contributed by atoms with Crippen LogP contribution in [0.1, 0.15) is 10.5 Å². The predicted molar refractivity (Wildman–Crippen MR) is 65.4 cm³/mol. The first kappa shape index (κ1) is 11.9. The van der Waals surface area contributed by atoms with Crippen LogP contribution >= 0.6 is 23.2 Å². The lowest BCUT2D eigenvalue weighted by Gasteiger charge is -2.04. The monoisotopic (exact) mass is 270 g/mol. The van der Waals surface area contributed by atoms with Crippen LogP contribution in [-0.4, -0.2) is 20.4 Å². The predicted octanol–water partition coefficient (Wildman–Crippen LogP) is 2.37. The van der Waals surface area contributed by atoms with Crippen LogP contribution in [0.3, 0.4) is 0 Å². The molecule has 0 saturated heterocycles. The summed E-state index contributed by atoms with van der Waals surface area (Å²) in [6.45, 7) is 0. The summed E-state index contributed by atoms with van der Waals surface area (Å²) >= 11 is 11.5. The fourth-order valence-electron chi connectivity index (χ4n) is 1.33. The van der Waals surface area contributed by atoms with Crippen molar-refractivity contribution in [2.24, 2.45) is 7.05 Å². The van der Waals surface area contributed by atoms with E-state index in [1.807, 2.05) is 0 Å². The highest BCUT2D eigenvalue weighted by Crippen LogP contribution is 2.15. The van der Waals surface area contributed by atoms with Crippen molar-refractivity contribution in [2.45, 2.75) is 0 Å². The number of nitrogens with one attached hydrogen (secondary N) is 1. The quantitative estimate of drug-likeness (QED) is 0.853. The van der Waals surface area contributed by atoms with Crippen LogP contribution in [-0.2, 0) is 7.05 Å². The highest BCUT2D eigenvalue weighted by molar-refractivity contribution is 6.31. The largest absolute Gasteiger partial charge is 0.345 e. The van der Waals surface area contributed by atoms with Gasteiger partial charge in [-0.1, -0.05) is 23.2 Å². The summed E-state index contributed by atoms with van der Waals surface area (Å²) in [5.41, 5.74) is 0.435. The van der Waals surface area contributed by atoms with E-state index in [2.05, 4.69) is 15.3 Å². The molecule has 0 radical (unpaired) electrons. The van der Waals surface area contributed by atoms with Crippen molar-refractivity contribution in [3.05, 3.63) is 40.5 Å². The molecule has 17 heavy (non-hydrogen) atoms. The summed E-state index contributed by atoms with van der Waals surface area (Å²) in [7, 11) is 1.73. The standard InChI is InChI=1S/C10H8Cl2N4O/c1-16-4-6(11)2-7(16)10(17)15-9-3-8(12)13-5-14-9/h2-5H,1H3,(H,13,14,15,17). The molecule has 1 N–H and O–H groups in total. The zero-order chi connectivity index (χ0) is 12.4. The topological polar surface area (TPSA) is 59.8 Å². The second kappa shape index (κ2) is 4.73. The lowest BCUT2D eigenvalue weighted by atomic mass is 10.4. The number of amides is 1. The number of aryl methyl sites for hydroxylation is 1. The maximum Gasteiger partial charge on any atom is 0.273 e.